The lowest BCUT2D eigenvalue weighted by atomic mass is 10.1. The van der Waals surface area contributed by atoms with Crippen LogP contribution in [-0.2, 0) is 28.2 Å². The molecule has 0 saturated heterocycles. The molecule has 1 aliphatic rings. The van der Waals surface area contributed by atoms with Crippen LogP contribution in [0.15, 0.2) is 62.4 Å². The smallest absolute Gasteiger partial charge is 0.368 e. The molecule has 1 aliphatic heterocycles. The molecule has 0 spiro atoms. The Balaban J connectivity index is 1.61. The Morgan fingerprint density at radius 1 is 1.15 bits per heavy atom. The van der Waals surface area contributed by atoms with Gasteiger partial charge in [-0.2, -0.15) is 14.5 Å². The zero-order chi connectivity index (χ0) is 23.6. The summed E-state index contributed by atoms with van der Waals surface area (Å²) in [6, 6.07) is 12.4. The number of sulfone groups is 1. The van der Waals surface area contributed by atoms with Gasteiger partial charge >= 0.3 is 5.69 Å². The Morgan fingerprint density at radius 3 is 2.67 bits per heavy atom. The highest BCUT2D eigenvalue weighted by Crippen LogP contribution is 2.25. The molecule has 0 aliphatic carbocycles. The predicted octanol–water partition coefficient (Wildman–Crippen LogP) is 2.18. The van der Waals surface area contributed by atoms with E-state index in [4.69, 9.17) is 4.74 Å². The number of aryl methyl sites for hydroxylation is 2. The highest BCUT2D eigenvalue weighted by atomic mass is 32.2. The van der Waals surface area contributed by atoms with Crippen LogP contribution >= 0.6 is 0 Å². The lowest BCUT2D eigenvalue weighted by Crippen LogP contribution is -2.23. The van der Waals surface area contributed by atoms with Gasteiger partial charge in [0, 0.05) is 31.0 Å². The number of benzene rings is 2. The van der Waals surface area contributed by atoms with E-state index in [0.29, 0.717) is 29.3 Å². The van der Waals surface area contributed by atoms with Crippen molar-refractivity contribution < 1.29 is 13.2 Å². The second kappa shape index (κ2) is 9.10. The number of hydrogen-bond donors (Lipinski definition) is 0. The fourth-order valence-electron chi connectivity index (χ4n) is 3.57. The minimum absolute atomic E-state index is 0.000114. The first kappa shape index (κ1) is 22.6. The summed E-state index contributed by atoms with van der Waals surface area (Å²) in [6.07, 6.45) is 0.778. The first-order valence-corrected chi connectivity index (χ1v) is 12.1. The Hall–Kier alpha value is -3.60. The minimum Gasteiger partial charge on any atom is -0.475 e. The van der Waals surface area contributed by atoms with Gasteiger partial charge < -0.3 is 4.74 Å². The van der Waals surface area contributed by atoms with Crippen LogP contribution in [0, 0.1) is 6.92 Å². The number of fused-ring (bicyclic) bond motifs is 1. The molecule has 0 N–H and O–H groups in total. The number of ether oxygens (including phenoxy) is 1. The summed E-state index contributed by atoms with van der Waals surface area (Å²) in [5.74, 6) is 0.397. The molecule has 1 aromatic heterocycles. The van der Waals surface area contributed by atoms with Gasteiger partial charge in [-0.25, -0.2) is 13.2 Å². The average molecular weight is 469 g/mol. The Kier molecular flexibility index (Phi) is 6.23. The van der Waals surface area contributed by atoms with Gasteiger partial charge in [-0.15, -0.1) is 5.10 Å². The highest BCUT2D eigenvalue weighted by molar-refractivity contribution is 7.91. The van der Waals surface area contributed by atoms with Crippen LogP contribution < -0.4 is 5.69 Å². The zero-order valence-electron chi connectivity index (χ0n) is 18.6. The van der Waals surface area contributed by atoms with Gasteiger partial charge in [-0.1, -0.05) is 37.3 Å². The summed E-state index contributed by atoms with van der Waals surface area (Å²) in [4.78, 5) is 12.6. The molecule has 3 aromatic rings. The van der Waals surface area contributed by atoms with Crippen molar-refractivity contribution in [1.29, 1.82) is 0 Å². The molecule has 172 valence electrons. The summed E-state index contributed by atoms with van der Waals surface area (Å²) in [5.41, 5.74) is 3.12. The number of tetrazole rings is 1. The van der Waals surface area contributed by atoms with E-state index in [1.54, 1.807) is 30.3 Å². The number of nitrogens with zero attached hydrogens (tertiary/aromatic N) is 6. The maximum Gasteiger partial charge on any atom is 0.368 e. The number of rotatable bonds is 5. The number of aromatic nitrogens is 4. The lowest BCUT2D eigenvalue weighted by Gasteiger charge is -2.17. The molecular formula is C22H24N6O4S. The van der Waals surface area contributed by atoms with Gasteiger partial charge in [0.05, 0.1) is 22.0 Å². The molecule has 0 fully saturated rings. The minimum atomic E-state index is -3.30. The fourth-order valence-corrected chi connectivity index (χ4v) is 5.06. The Labute approximate surface area is 191 Å². The second-order valence-corrected chi connectivity index (χ2v) is 9.69. The van der Waals surface area contributed by atoms with Crippen molar-refractivity contribution in [3.8, 4) is 5.69 Å². The maximum absolute atomic E-state index is 12.3. The molecule has 2 aromatic carbocycles. The van der Waals surface area contributed by atoms with Gasteiger partial charge in [-0.3, -0.25) is 0 Å². The van der Waals surface area contributed by atoms with Crippen LogP contribution in [0.1, 0.15) is 36.5 Å². The molecule has 0 radical (unpaired) electrons. The predicted molar refractivity (Wildman–Crippen MR) is 124 cm³/mol. The van der Waals surface area contributed by atoms with Crippen molar-refractivity contribution in [2.75, 3.05) is 5.75 Å². The normalized spacial score (nSPS) is 16.6. The summed E-state index contributed by atoms with van der Waals surface area (Å²) in [5, 5.41) is 16.3. The molecule has 11 heteroatoms. The van der Waals surface area contributed by atoms with Crippen LogP contribution in [0.25, 0.3) is 5.69 Å². The zero-order valence-corrected chi connectivity index (χ0v) is 19.4. The molecule has 0 amide bonds. The third kappa shape index (κ3) is 4.49. The summed E-state index contributed by atoms with van der Waals surface area (Å²) >= 11 is 0. The Morgan fingerprint density at radius 2 is 1.94 bits per heavy atom. The molecule has 33 heavy (non-hydrogen) atoms. The largest absolute Gasteiger partial charge is 0.475 e. The standard InChI is InChI=1S/C22H24N6O4S/c1-4-21(24-23-18-12-13-33(30,31)20-11-6-5-9-16(18)20)32-14-17-15(2)8-7-10-19(17)28-22(29)27(3)25-26-28/h5-11H,4,12-14H2,1-3H3/b23-18+,24-21?. The first-order chi connectivity index (χ1) is 15.8. The van der Waals surface area contributed by atoms with Crippen LogP contribution in [0.4, 0.5) is 0 Å². The van der Waals surface area contributed by atoms with Crippen molar-refractivity contribution in [3.63, 3.8) is 0 Å². The molecule has 0 atom stereocenters. The van der Waals surface area contributed by atoms with E-state index in [2.05, 4.69) is 20.6 Å². The molecular weight excluding hydrogens is 444 g/mol. The third-order valence-corrected chi connectivity index (χ3v) is 7.21. The van der Waals surface area contributed by atoms with E-state index in [1.165, 1.54) is 11.7 Å². The second-order valence-electron chi connectivity index (χ2n) is 7.62. The van der Waals surface area contributed by atoms with Gasteiger partial charge in [0.15, 0.2) is 9.84 Å². The quantitative estimate of drug-likeness (QED) is 0.321. The van der Waals surface area contributed by atoms with E-state index in [-0.39, 0.29) is 29.4 Å². The number of hydrogen-bond acceptors (Lipinski definition) is 8. The van der Waals surface area contributed by atoms with Crippen LogP contribution in [0.3, 0.4) is 0 Å². The lowest BCUT2D eigenvalue weighted by molar-refractivity contribution is 0.282. The third-order valence-electron chi connectivity index (χ3n) is 5.44. The van der Waals surface area contributed by atoms with E-state index in [9.17, 15) is 13.2 Å². The van der Waals surface area contributed by atoms with Crippen molar-refractivity contribution in [3.05, 3.63) is 69.6 Å². The molecule has 0 unspecified atom stereocenters. The molecule has 10 nitrogen and oxygen atoms in total. The monoisotopic (exact) mass is 468 g/mol. The van der Waals surface area contributed by atoms with Gasteiger partial charge in [-0.05, 0) is 35.0 Å². The van der Waals surface area contributed by atoms with Crippen molar-refractivity contribution in [1.82, 2.24) is 19.8 Å². The van der Waals surface area contributed by atoms with E-state index >= 15 is 0 Å². The van der Waals surface area contributed by atoms with Crippen LogP contribution in [0.2, 0.25) is 0 Å². The first-order valence-electron chi connectivity index (χ1n) is 10.5. The maximum atomic E-state index is 12.3. The summed E-state index contributed by atoms with van der Waals surface area (Å²) in [7, 11) is -1.77. The van der Waals surface area contributed by atoms with Crippen molar-refractivity contribution in [2.45, 2.75) is 38.2 Å². The Bertz CT molecular complexity index is 1420. The van der Waals surface area contributed by atoms with Gasteiger partial charge in [0.2, 0.25) is 5.90 Å². The van der Waals surface area contributed by atoms with Gasteiger partial charge in [0.25, 0.3) is 0 Å². The van der Waals surface area contributed by atoms with E-state index in [0.717, 1.165) is 15.8 Å². The molecule has 2 heterocycles. The van der Waals surface area contributed by atoms with Gasteiger partial charge in [0.1, 0.15) is 6.61 Å². The molecule has 4 rings (SSSR count). The van der Waals surface area contributed by atoms with E-state index < -0.39 is 9.84 Å². The molecule has 0 saturated carbocycles. The summed E-state index contributed by atoms with van der Waals surface area (Å²) in [6.45, 7) is 3.98. The van der Waals surface area contributed by atoms with E-state index in [1.807, 2.05) is 26.0 Å². The fraction of sp³-hybridized carbons (Fsp3) is 0.318. The molecule has 0 bridgehead atoms. The van der Waals surface area contributed by atoms with Crippen molar-refractivity contribution in [2.24, 2.45) is 17.3 Å². The van der Waals surface area contributed by atoms with Crippen molar-refractivity contribution >= 4 is 21.4 Å². The topological polar surface area (TPSA) is 121 Å². The SMILES string of the molecule is CCC(=N/N=C1\CCS(=O)(=O)c2ccccc21)OCc1c(C)cccc1-n1nnn(C)c1=O. The highest BCUT2D eigenvalue weighted by Gasteiger charge is 2.27. The van der Waals surface area contributed by atoms with Crippen LogP contribution in [0.5, 0.6) is 0 Å². The summed E-state index contributed by atoms with van der Waals surface area (Å²) < 4.78 is 33.0. The van der Waals surface area contributed by atoms with Crippen LogP contribution in [-0.4, -0.2) is 45.6 Å². The average Bonchev–Trinajstić information content (AvgIpc) is 3.14.